The van der Waals surface area contributed by atoms with Crippen molar-refractivity contribution in [2.24, 2.45) is 11.5 Å². The van der Waals surface area contributed by atoms with Gasteiger partial charge in [-0.15, -0.1) is 0 Å². The number of alkyl halides is 3. The molecule has 1 fully saturated rings. The van der Waals surface area contributed by atoms with Gasteiger partial charge < -0.3 is 47.4 Å². The van der Waals surface area contributed by atoms with E-state index in [9.17, 15) is 28.2 Å². The number of carboxylic acid groups (broad SMARTS) is 1. The SMILES string of the molecule is C[S+](CC[C@H](N)C(=O)NCCN)C[C@H]1O[C@@H](n2cnc3c(N)ncnc32)[C@H](O)[C@@H]1O.O=C([O-])C(F)(F)F. The number of hydrogen-bond donors (Lipinski definition) is 6. The Hall–Kier alpha value is -2.77. The van der Waals surface area contributed by atoms with Crippen molar-refractivity contribution in [3.05, 3.63) is 12.7 Å². The van der Waals surface area contributed by atoms with Crippen LogP contribution in [0.5, 0.6) is 0 Å². The van der Waals surface area contributed by atoms with E-state index in [0.717, 1.165) is 0 Å². The number of carbonyl (C=O) groups is 2. The molecule has 1 saturated heterocycles. The van der Waals surface area contributed by atoms with E-state index in [1.807, 2.05) is 6.26 Å². The second-order valence-corrected chi connectivity index (χ2v) is 10.3. The fourth-order valence-corrected chi connectivity index (χ4v) is 4.96. The molecule has 9 N–H and O–H groups in total. The lowest BCUT2D eigenvalue weighted by Gasteiger charge is -2.16. The van der Waals surface area contributed by atoms with Crippen LogP contribution in [0.15, 0.2) is 12.7 Å². The number of carboxylic acids is 1. The van der Waals surface area contributed by atoms with Crippen LogP contribution in [-0.2, 0) is 25.2 Å². The number of aliphatic carboxylic acids is 1. The Labute approximate surface area is 211 Å². The predicted molar refractivity (Wildman–Crippen MR) is 124 cm³/mol. The third-order valence-electron chi connectivity index (χ3n) is 5.24. The van der Waals surface area contributed by atoms with Gasteiger partial charge in [0, 0.05) is 19.5 Å². The molecule has 0 aromatic carbocycles. The lowest BCUT2D eigenvalue weighted by Crippen LogP contribution is -2.43. The van der Waals surface area contributed by atoms with Gasteiger partial charge >= 0.3 is 6.18 Å². The summed E-state index contributed by atoms with van der Waals surface area (Å²) in [4.78, 5) is 32.9. The van der Waals surface area contributed by atoms with Crippen molar-refractivity contribution < 1.29 is 42.8 Å². The van der Waals surface area contributed by atoms with E-state index in [0.29, 0.717) is 42.2 Å². The maximum Gasteiger partial charge on any atom is 0.430 e. The van der Waals surface area contributed by atoms with Gasteiger partial charge in [-0.25, -0.2) is 15.0 Å². The van der Waals surface area contributed by atoms with Gasteiger partial charge in [-0.1, -0.05) is 0 Å². The van der Waals surface area contributed by atoms with Crippen LogP contribution in [0.1, 0.15) is 12.6 Å². The van der Waals surface area contributed by atoms with Crippen LogP contribution < -0.4 is 27.6 Å². The molecule has 2 aromatic rings. The molecule has 0 radical (unpaired) electrons. The van der Waals surface area contributed by atoms with Crippen molar-refractivity contribution >= 4 is 39.8 Å². The molecule has 208 valence electrons. The number of ether oxygens (including phenoxy) is 1. The zero-order valence-electron chi connectivity index (χ0n) is 19.7. The largest absolute Gasteiger partial charge is 0.542 e. The number of hydrogen-bond acceptors (Lipinski definition) is 12. The van der Waals surface area contributed by atoms with Crippen LogP contribution in [0.3, 0.4) is 0 Å². The van der Waals surface area contributed by atoms with Gasteiger partial charge in [0.15, 0.2) is 17.7 Å². The van der Waals surface area contributed by atoms with E-state index >= 15 is 0 Å². The van der Waals surface area contributed by atoms with Crippen LogP contribution in [0.4, 0.5) is 19.0 Å². The number of carbonyl (C=O) groups excluding carboxylic acids is 2. The molecule has 37 heavy (non-hydrogen) atoms. The van der Waals surface area contributed by atoms with Crippen molar-refractivity contribution in [3.8, 4) is 0 Å². The van der Waals surface area contributed by atoms with Gasteiger partial charge in [0.1, 0.15) is 47.6 Å². The molecule has 0 spiro atoms. The highest BCUT2D eigenvalue weighted by Gasteiger charge is 2.46. The first-order chi connectivity index (χ1) is 17.3. The zero-order valence-corrected chi connectivity index (χ0v) is 20.5. The number of nitrogens with zero attached hydrogens (tertiary/aromatic N) is 4. The van der Waals surface area contributed by atoms with Crippen molar-refractivity contribution in [2.75, 3.05) is 36.6 Å². The number of amides is 1. The van der Waals surface area contributed by atoms with E-state index < -0.39 is 42.7 Å². The molecule has 0 saturated carbocycles. The maximum absolute atomic E-state index is 11.8. The predicted octanol–water partition coefficient (Wildman–Crippen LogP) is -3.63. The highest BCUT2D eigenvalue weighted by molar-refractivity contribution is 7.96. The fourth-order valence-electron chi connectivity index (χ4n) is 3.30. The van der Waals surface area contributed by atoms with Crippen molar-refractivity contribution in [1.82, 2.24) is 24.8 Å². The number of nitrogens with one attached hydrogen (secondary N) is 1. The van der Waals surface area contributed by atoms with E-state index in [2.05, 4.69) is 20.3 Å². The summed E-state index contributed by atoms with van der Waals surface area (Å²) in [6, 6.07) is -0.610. The lowest BCUT2D eigenvalue weighted by atomic mass is 10.1. The molecule has 14 nitrogen and oxygen atoms in total. The highest BCUT2D eigenvalue weighted by atomic mass is 32.2. The second-order valence-electron chi connectivity index (χ2n) is 8.04. The molecule has 3 rings (SSSR count). The van der Waals surface area contributed by atoms with Crippen LogP contribution in [-0.4, -0.2) is 103 Å². The minimum absolute atomic E-state index is 0.182. The molecule has 1 aliphatic heterocycles. The molecule has 0 aliphatic carbocycles. The first-order valence-electron chi connectivity index (χ1n) is 10.8. The summed E-state index contributed by atoms with van der Waals surface area (Å²) in [6.45, 7) is 0.757. The van der Waals surface area contributed by atoms with Crippen LogP contribution in [0.25, 0.3) is 11.2 Å². The standard InChI is InChI=1S/C17H28N8O4S.C2HF3O2/c1-30(5-2-9(19)16(28)21-4-3-18)6-10-12(26)13(27)17(29-10)25-8-24-11-14(20)22-7-23-15(11)25;3-2(4,5)1(6)7/h7-10,12-13,17,26-27H,2-6,18-19H2,1H3,(H2-,20,21,22,23,28);(H,6,7)/t9-,10+,12+,13+,17+,30?;/m0./s1. The number of rotatable bonds is 9. The molecule has 18 heteroatoms. The number of aliphatic hydroxyl groups is 2. The quantitative estimate of drug-likeness (QED) is 0.165. The molecular weight excluding hydrogens is 525 g/mol. The average molecular weight is 555 g/mol. The molecule has 1 aliphatic rings. The van der Waals surface area contributed by atoms with Gasteiger partial charge in [-0.2, -0.15) is 13.2 Å². The Bertz CT molecular complexity index is 1060. The molecule has 2 aromatic heterocycles. The first kappa shape index (κ1) is 30.5. The van der Waals surface area contributed by atoms with Gasteiger partial charge in [0.2, 0.25) is 5.91 Å². The van der Waals surface area contributed by atoms with Gasteiger partial charge in [0.25, 0.3) is 0 Å². The summed E-state index contributed by atoms with van der Waals surface area (Å²) < 4.78 is 39.1. The van der Waals surface area contributed by atoms with Crippen LogP contribution >= 0.6 is 0 Å². The number of imidazole rings is 1. The minimum Gasteiger partial charge on any atom is -0.542 e. The van der Waals surface area contributed by atoms with E-state index in [1.54, 1.807) is 4.57 Å². The molecule has 0 bridgehead atoms. The molecule has 1 amide bonds. The molecule has 3 heterocycles. The summed E-state index contributed by atoms with van der Waals surface area (Å²) in [7, 11) is -0.182. The van der Waals surface area contributed by atoms with Gasteiger partial charge in [-0.3, -0.25) is 9.36 Å². The molecule has 6 atom stereocenters. The topological polar surface area (TPSA) is 241 Å². The van der Waals surface area contributed by atoms with Crippen molar-refractivity contribution in [1.29, 1.82) is 0 Å². The summed E-state index contributed by atoms with van der Waals surface area (Å²) in [5.41, 5.74) is 17.9. The lowest BCUT2D eigenvalue weighted by molar-refractivity contribution is -0.344. The number of anilines is 1. The zero-order chi connectivity index (χ0) is 27.9. The Morgan fingerprint density at radius 3 is 2.54 bits per heavy atom. The fraction of sp³-hybridized carbons (Fsp3) is 0.632. The third-order valence-corrected chi connectivity index (χ3v) is 7.07. The number of nitrogens with two attached hydrogens (primary N) is 3. The normalized spacial score (nSPS) is 23.2. The van der Waals surface area contributed by atoms with Crippen molar-refractivity contribution in [2.45, 2.75) is 43.2 Å². The Morgan fingerprint density at radius 1 is 1.30 bits per heavy atom. The van der Waals surface area contributed by atoms with Gasteiger partial charge in [0.05, 0.1) is 18.6 Å². The molecular formula is C19H29F3N8O6S. The van der Waals surface area contributed by atoms with E-state index in [4.69, 9.17) is 31.8 Å². The summed E-state index contributed by atoms with van der Waals surface area (Å²) in [6.07, 6.45) is -3.53. The Balaban J connectivity index is 0.000000604. The number of nitrogen functional groups attached to an aromatic ring is 1. The average Bonchev–Trinajstić information content (AvgIpc) is 3.38. The minimum atomic E-state index is -5.19. The number of aliphatic hydroxyl groups excluding tert-OH is 2. The van der Waals surface area contributed by atoms with Crippen LogP contribution in [0, 0.1) is 0 Å². The van der Waals surface area contributed by atoms with Gasteiger partial charge in [-0.05, 0) is 10.9 Å². The Morgan fingerprint density at radius 2 is 1.95 bits per heavy atom. The third kappa shape index (κ3) is 8.11. The summed E-state index contributed by atoms with van der Waals surface area (Å²) >= 11 is 0. The van der Waals surface area contributed by atoms with Crippen LogP contribution in [0.2, 0.25) is 0 Å². The number of halogens is 3. The van der Waals surface area contributed by atoms with E-state index in [-0.39, 0.29) is 22.6 Å². The van der Waals surface area contributed by atoms with Crippen molar-refractivity contribution in [3.63, 3.8) is 0 Å². The maximum atomic E-state index is 11.8. The smallest absolute Gasteiger partial charge is 0.430 e. The van der Waals surface area contributed by atoms with E-state index in [1.165, 1.54) is 12.7 Å². The summed E-state index contributed by atoms with van der Waals surface area (Å²) in [5.74, 6) is -1.78. The molecule has 1 unspecified atom stereocenters. The summed E-state index contributed by atoms with van der Waals surface area (Å²) in [5, 5.41) is 32.5. The number of aromatic nitrogens is 4. The monoisotopic (exact) mass is 554 g/mol. The second kappa shape index (κ2) is 13.2. The Kier molecular flexibility index (Phi) is 10.8. The number of fused-ring (bicyclic) bond motifs is 1. The highest BCUT2D eigenvalue weighted by Crippen LogP contribution is 2.32. The first-order valence-corrected chi connectivity index (χ1v) is 12.8.